The molecule has 58 heavy (non-hydrogen) atoms. The van der Waals surface area contributed by atoms with Crippen molar-refractivity contribution in [3.05, 3.63) is 212 Å². The minimum absolute atomic E-state index is 1.10. The summed E-state index contributed by atoms with van der Waals surface area (Å²) in [6, 6.07) is 77.4. The van der Waals surface area contributed by atoms with Crippen LogP contribution in [0.2, 0.25) is 0 Å². The van der Waals surface area contributed by atoms with E-state index < -0.39 is 0 Å². The first-order chi connectivity index (χ1) is 28.8. The van der Waals surface area contributed by atoms with E-state index in [4.69, 9.17) is 0 Å². The predicted molar refractivity (Wildman–Crippen MR) is 248 cm³/mol. The summed E-state index contributed by atoms with van der Waals surface area (Å²) in [4.78, 5) is 2.45. The zero-order valence-electron chi connectivity index (χ0n) is 31.5. The summed E-state index contributed by atoms with van der Waals surface area (Å²) in [5, 5.41) is 7.57. The number of nitrogens with zero attached hydrogens (tertiary/aromatic N) is 3. The normalized spacial score (nSPS) is 11.8. The highest BCUT2D eigenvalue weighted by Crippen LogP contribution is 2.46. The van der Waals surface area contributed by atoms with Crippen LogP contribution in [0.3, 0.4) is 0 Å². The van der Waals surface area contributed by atoms with Gasteiger partial charge in [0, 0.05) is 64.5 Å². The van der Waals surface area contributed by atoms with Gasteiger partial charge in [-0.15, -0.1) is 11.3 Å². The maximum absolute atomic E-state index is 2.45. The molecule has 0 atom stereocenters. The van der Waals surface area contributed by atoms with Crippen molar-refractivity contribution in [2.45, 2.75) is 0 Å². The smallest absolute Gasteiger partial charge is 0.0562 e. The fraction of sp³-hybridized carbons (Fsp3) is 0. The molecule has 9 aromatic carbocycles. The van der Waals surface area contributed by atoms with Gasteiger partial charge in [-0.2, -0.15) is 0 Å². The minimum atomic E-state index is 1.10. The highest BCUT2D eigenvalue weighted by Gasteiger charge is 2.22. The number of thiophene rings is 1. The van der Waals surface area contributed by atoms with Crippen LogP contribution in [-0.2, 0) is 0 Å². The molecule has 0 N–H and O–H groups in total. The Morgan fingerprint density at radius 1 is 0.328 bits per heavy atom. The number of aromatic nitrogens is 2. The van der Waals surface area contributed by atoms with Crippen molar-refractivity contribution in [1.82, 2.24) is 9.13 Å². The van der Waals surface area contributed by atoms with E-state index in [0.717, 1.165) is 28.4 Å². The number of hydrogen-bond donors (Lipinski definition) is 0. The molecular formula is C54H35N3S. The minimum Gasteiger partial charge on any atom is -0.310 e. The Balaban J connectivity index is 1.05. The average Bonchev–Trinajstić information content (AvgIpc) is 3.95. The van der Waals surface area contributed by atoms with Crippen LogP contribution in [0.4, 0.5) is 17.1 Å². The van der Waals surface area contributed by atoms with Gasteiger partial charge >= 0.3 is 0 Å². The molecule has 3 aromatic heterocycles. The maximum atomic E-state index is 2.45. The zero-order valence-corrected chi connectivity index (χ0v) is 32.3. The molecular weight excluding hydrogens is 723 g/mol. The third-order valence-electron chi connectivity index (χ3n) is 11.7. The van der Waals surface area contributed by atoms with Gasteiger partial charge in [0.25, 0.3) is 0 Å². The van der Waals surface area contributed by atoms with Crippen LogP contribution < -0.4 is 4.90 Å². The van der Waals surface area contributed by atoms with E-state index in [1.165, 1.54) is 74.9 Å². The van der Waals surface area contributed by atoms with Crippen LogP contribution in [0.1, 0.15) is 0 Å². The molecule has 0 bridgehead atoms. The molecule has 0 fully saturated rings. The Kier molecular flexibility index (Phi) is 7.40. The number of benzene rings is 9. The molecule has 0 saturated heterocycles. The lowest BCUT2D eigenvalue weighted by atomic mass is 10.0. The molecule has 12 rings (SSSR count). The SMILES string of the molecule is c1ccc(-n2c3ccccc3c3ccc(-c4ccc(N(c5ccc6c(c5)sc5ccccc56)c5cccc6c5c5ccccc5n6-c5ccccc5)cc4)cc32)cc1. The van der Waals surface area contributed by atoms with Gasteiger partial charge in [-0.25, -0.2) is 0 Å². The van der Waals surface area contributed by atoms with E-state index >= 15 is 0 Å². The van der Waals surface area contributed by atoms with Crippen LogP contribution in [0.25, 0.3) is 86.3 Å². The van der Waals surface area contributed by atoms with E-state index in [0.29, 0.717) is 0 Å². The Morgan fingerprint density at radius 2 is 0.862 bits per heavy atom. The second-order valence-electron chi connectivity index (χ2n) is 14.9. The predicted octanol–water partition coefficient (Wildman–Crippen LogP) is 15.4. The second kappa shape index (κ2) is 13.1. The van der Waals surface area contributed by atoms with Crippen LogP contribution in [0.15, 0.2) is 212 Å². The van der Waals surface area contributed by atoms with Crippen molar-refractivity contribution < 1.29 is 0 Å². The van der Waals surface area contributed by atoms with Crippen LogP contribution in [0, 0.1) is 0 Å². The van der Waals surface area contributed by atoms with Gasteiger partial charge < -0.3 is 14.0 Å². The Morgan fingerprint density at radius 3 is 1.62 bits per heavy atom. The summed E-state index contributed by atoms with van der Waals surface area (Å²) in [5.74, 6) is 0. The molecule has 0 spiro atoms. The van der Waals surface area contributed by atoms with Crippen molar-refractivity contribution in [3.63, 3.8) is 0 Å². The van der Waals surface area contributed by atoms with Gasteiger partial charge in [-0.3, -0.25) is 0 Å². The number of anilines is 3. The van der Waals surface area contributed by atoms with Gasteiger partial charge in [0.05, 0.1) is 27.8 Å². The molecule has 0 unspecified atom stereocenters. The van der Waals surface area contributed by atoms with Gasteiger partial charge in [-0.1, -0.05) is 127 Å². The molecule has 0 aliphatic heterocycles. The Bertz CT molecular complexity index is 3500. The number of hydrogen-bond acceptors (Lipinski definition) is 2. The van der Waals surface area contributed by atoms with E-state index in [1.807, 2.05) is 11.3 Å². The van der Waals surface area contributed by atoms with E-state index in [2.05, 4.69) is 226 Å². The van der Waals surface area contributed by atoms with Crippen molar-refractivity contribution in [3.8, 4) is 22.5 Å². The lowest BCUT2D eigenvalue weighted by Crippen LogP contribution is -2.10. The lowest BCUT2D eigenvalue weighted by molar-refractivity contribution is 1.18. The molecule has 4 heteroatoms. The summed E-state index contributed by atoms with van der Waals surface area (Å²) >= 11 is 1.86. The number of para-hydroxylation sites is 4. The average molecular weight is 758 g/mol. The largest absolute Gasteiger partial charge is 0.310 e. The lowest BCUT2D eigenvalue weighted by Gasteiger charge is -2.27. The zero-order chi connectivity index (χ0) is 38.2. The highest BCUT2D eigenvalue weighted by molar-refractivity contribution is 7.25. The molecule has 0 amide bonds. The van der Waals surface area contributed by atoms with Crippen LogP contribution >= 0.6 is 11.3 Å². The number of fused-ring (bicyclic) bond motifs is 9. The fourth-order valence-corrected chi connectivity index (χ4v) is 10.3. The summed E-state index contributed by atoms with van der Waals surface area (Å²) < 4.78 is 7.37. The molecule has 272 valence electrons. The van der Waals surface area contributed by atoms with Crippen molar-refractivity contribution in [2.24, 2.45) is 0 Å². The first kappa shape index (κ1) is 32.8. The quantitative estimate of drug-likeness (QED) is 0.165. The molecule has 12 aromatic rings. The first-order valence-corrected chi connectivity index (χ1v) is 20.6. The van der Waals surface area contributed by atoms with Crippen molar-refractivity contribution in [1.29, 1.82) is 0 Å². The Hall–Kier alpha value is -7.40. The summed E-state index contributed by atoms with van der Waals surface area (Å²) in [5.41, 5.74) is 12.8. The number of rotatable bonds is 6. The molecule has 0 saturated carbocycles. The maximum Gasteiger partial charge on any atom is 0.0562 e. The molecule has 3 nitrogen and oxygen atoms in total. The van der Waals surface area contributed by atoms with Gasteiger partial charge in [0.2, 0.25) is 0 Å². The van der Waals surface area contributed by atoms with Gasteiger partial charge in [0.15, 0.2) is 0 Å². The molecule has 0 aliphatic carbocycles. The summed E-state index contributed by atoms with van der Waals surface area (Å²) in [7, 11) is 0. The molecule has 0 aliphatic rings. The van der Waals surface area contributed by atoms with Crippen LogP contribution in [-0.4, -0.2) is 9.13 Å². The van der Waals surface area contributed by atoms with Crippen LogP contribution in [0.5, 0.6) is 0 Å². The third-order valence-corrected chi connectivity index (χ3v) is 12.8. The summed E-state index contributed by atoms with van der Waals surface area (Å²) in [6.07, 6.45) is 0. The highest BCUT2D eigenvalue weighted by atomic mass is 32.1. The van der Waals surface area contributed by atoms with Gasteiger partial charge in [-0.05, 0) is 96.1 Å². The molecule has 0 radical (unpaired) electrons. The topological polar surface area (TPSA) is 13.1 Å². The van der Waals surface area contributed by atoms with E-state index in [1.54, 1.807) is 0 Å². The van der Waals surface area contributed by atoms with Gasteiger partial charge in [0.1, 0.15) is 0 Å². The fourth-order valence-electron chi connectivity index (χ4n) is 9.13. The Labute approximate surface area is 339 Å². The van der Waals surface area contributed by atoms with E-state index in [-0.39, 0.29) is 0 Å². The first-order valence-electron chi connectivity index (χ1n) is 19.8. The van der Waals surface area contributed by atoms with Crippen molar-refractivity contribution in [2.75, 3.05) is 4.90 Å². The van der Waals surface area contributed by atoms with Crippen molar-refractivity contribution >= 4 is 92.2 Å². The third kappa shape index (κ3) is 5.05. The van der Waals surface area contributed by atoms with E-state index in [9.17, 15) is 0 Å². The monoisotopic (exact) mass is 757 g/mol. The molecule has 3 heterocycles. The second-order valence-corrected chi connectivity index (χ2v) is 16.0. The summed E-state index contributed by atoms with van der Waals surface area (Å²) in [6.45, 7) is 0. The standard InChI is InChI=1S/C54H35N3S/c1-3-14-38(15-4-1)56-48-22-11-8-20-46(48)54-49(23-13-24-50(54)56)55(41-31-33-45-44-19-9-12-25-52(44)58-53(45)35-41)40-29-26-36(27-30-40)37-28-32-43-42-18-7-10-21-47(42)57(51(43)34-37)39-16-5-2-6-17-39/h1-35H.